The minimum absolute atomic E-state index is 0.547. The summed E-state index contributed by atoms with van der Waals surface area (Å²) >= 11 is 3.17. The first-order valence-corrected chi connectivity index (χ1v) is 9.47. The van der Waals surface area contributed by atoms with Crippen LogP contribution in [0.2, 0.25) is 0 Å². The van der Waals surface area contributed by atoms with Gasteiger partial charge in [-0.05, 0) is 19.2 Å². The Labute approximate surface area is 148 Å². The molecule has 0 atom stereocenters. The molecular weight excluding hydrogens is 342 g/mol. The highest BCUT2D eigenvalue weighted by Gasteiger charge is 2.19. The molecule has 0 bridgehead atoms. The van der Waals surface area contributed by atoms with Crippen molar-refractivity contribution in [3.8, 4) is 17.0 Å². The van der Waals surface area contributed by atoms with E-state index in [0.29, 0.717) is 5.13 Å². The van der Waals surface area contributed by atoms with Crippen LogP contribution in [0.5, 0.6) is 5.75 Å². The molecule has 0 unspecified atom stereocenters. The van der Waals surface area contributed by atoms with Crippen molar-refractivity contribution in [1.82, 2.24) is 14.9 Å². The summed E-state index contributed by atoms with van der Waals surface area (Å²) in [5.74, 6) is 0.747. The number of thiazole rings is 2. The van der Waals surface area contributed by atoms with E-state index in [1.807, 2.05) is 12.1 Å². The van der Waals surface area contributed by atoms with Gasteiger partial charge in [-0.25, -0.2) is 9.97 Å². The number of rotatable bonds is 3. The van der Waals surface area contributed by atoms with Crippen LogP contribution >= 0.6 is 22.7 Å². The van der Waals surface area contributed by atoms with Gasteiger partial charge in [0.15, 0.2) is 10.3 Å². The predicted molar refractivity (Wildman–Crippen MR) is 101 cm³/mol. The van der Waals surface area contributed by atoms with E-state index in [1.165, 1.54) is 11.3 Å². The summed E-state index contributed by atoms with van der Waals surface area (Å²) in [5.41, 5.74) is 8.77. The van der Waals surface area contributed by atoms with E-state index in [-0.39, 0.29) is 0 Å². The molecule has 1 aliphatic rings. The van der Waals surface area contributed by atoms with Gasteiger partial charge in [-0.1, -0.05) is 11.3 Å². The van der Waals surface area contributed by atoms with E-state index in [2.05, 4.69) is 27.2 Å². The van der Waals surface area contributed by atoms with Gasteiger partial charge in [0.25, 0.3) is 0 Å². The molecule has 2 aromatic heterocycles. The zero-order chi connectivity index (χ0) is 16.7. The van der Waals surface area contributed by atoms with Crippen molar-refractivity contribution in [3.05, 3.63) is 17.5 Å². The highest BCUT2D eigenvalue weighted by molar-refractivity contribution is 7.22. The quantitative estimate of drug-likeness (QED) is 0.774. The first-order valence-electron chi connectivity index (χ1n) is 7.78. The second-order valence-electron chi connectivity index (χ2n) is 5.85. The fourth-order valence-electron chi connectivity index (χ4n) is 2.90. The number of fused-ring (bicyclic) bond motifs is 1. The highest BCUT2D eigenvalue weighted by atomic mass is 32.1. The van der Waals surface area contributed by atoms with Crippen LogP contribution in [0.4, 0.5) is 10.3 Å². The van der Waals surface area contributed by atoms with E-state index >= 15 is 0 Å². The van der Waals surface area contributed by atoms with Crippen molar-refractivity contribution in [2.24, 2.45) is 0 Å². The molecule has 6 nitrogen and oxygen atoms in total. The van der Waals surface area contributed by atoms with Crippen molar-refractivity contribution in [3.63, 3.8) is 0 Å². The van der Waals surface area contributed by atoms with Crippen LogP contribution in [0.1, 0.15) is 0 Å². The Kier molecular flexibility index (Phi) is 4.03. The SMILES string of the molecule is COc1ccc(-c2csc(N3CCN(C)CC3)n2)c2sc(N)nc12. The largest absolute Gasteiger partial charge is 0.494 e. The van der Waals surface area contributed by atoms with Gasteiger partial charge in [-0.3, -0.25) is 0 Å². The number of nitrogen functional groups attached to an aromatic ring is 1. The third kappa shape index (κ3) is 2.70. The molecule has 0 amide bonds. The highest BCUT2D eigenvalue weighted by Crippen LogP contribution is 2.39. The number of piperazine rings is 1. The van der Waals surface area contributed by atoms with Gasteiger partial charge in [0.05, 0.1) is 17.5 Å². The third-order valence-electron chi connectivity index (χ3n) is 4.28. The van der Waals surface area contributed by atoms with Crippen molar-refractivity contribution >= 4 is 43.2 Å². The minimum atomic E-state index is 0.547. The molecule has 24 heavy (non-hydrogen) atoms. The van der Waals surface area contributed by atoms with Gasteiger partial charge < -0.3 is 20.3 Å². The summed E-state index contributed by atoms with van der Waals surface area (Å²) in [6.45, 7) is 4.20. The van der Waals surface area contributed by atoms with Crippen molar-refractivity contribution in [2.75, 3.05) is 51.0 Å². The molecule has 8 heteroatoms. The first kappa shape index (κ1) is 15.6. The number of ether oxygens (including phenoxy) is 1. The van der Waals surface area contributed by atoms with E-state index < -0.39 is 0 Å². The van der Waals surface area contributed by atoms with Crippen LogP contribution in [0, 0.1) is 0 Å². The van der Waals surface area contributed by atoms with Crippen LogP contribution in [0.3, 0.4) is 0 Å². The van der Waals surface area contributed by atoms with Crippen LogP contribution in [0.15, 0.2) is 17.5 Å². The van der Waals surface area contributed by atoms with Crippen LogP contribution in [-0.2, 0) is 0 Å². The zero-order valence-corrected chi connectivity index (χ0v) is 15.3. The number of methoxy groups -OCH3 is 1. The molecule has 4 rings (SSSR count). The lowest BCUT2D eigenvalue weighted by Crippen LogP contribution is -2.44. The molecule has 1 fully saturated rings. The van der Waals surface area contributed by atoms with Crippen molar-refractivity contribution in [2.45, 2.75) is 0 Å². The monoisotopic (exact) mass is 361 g/mol. The molecule has 3 aromatic rings. The summed E-state index contributed by atoms with van der Waals surface area (Å²) in [6.07, 6.45) is 0. The van der Waals surface area contributed by atoms with Crippen molar-refractivity contribution in [1.29, 1.82) is 0 Å². The van der Waals surface area contributed by atoms with Gasteiger partial charge in [0.1, 0.15) is 11.3 Å². The number of anilines is 2. The molecular formula is C16H19N5OS2. The second-order valence-corrected chi connectivity index (χ2v) is 7.72. The molecule has 3 heterocycles. The Hall–Kier alpha value is -1.90. The van der Waals surface area contributed by atoms with Gasteiger partial charge >= 0.3 is 0 Å². The van der Waals surface area contributed by atoms with Crippen LogP contribution < -0.4 is 15.4 Å². The van der Waals surface area contributed by atoms with Gasteiger partial charge in [-0.2, -0.15) is 0 Å². The standard InChI is InChI=1S/C16H19N5OS2/c1-20-5-7-21(8-6-20)16-18-11(9-23-16)10-3-4-12(22-2)13-14(10)24-15(17)19-13/h3-4,9H,5-8H2,1-2H3,(H2,17,19). The molecule has 1 aliphatic heterocycles. The summed E-state index contributed by atoms with van der Waals surface area (Å²) in [7, 11) is 3.81. The van der Waals surface area contributed by atoms with Crippen LogP contribution in [-0.4, -0.2) is 55.2 Å². The fraction of sp³-hybridized carbons (Fsp3) is 0.375. The number of likely N-dealkylation sites (N-methyl/N-ethyl adjacent to an activating group) is 1. The average molecular weight is 361 g/mol. The summed E-state index contributed by atoms with van der Waals surface area (Å²) in [4.78, 5) is 14.0. The molecule has 2 N–H and O–H groups in total. The minimum Gasteiger partial charge on any atom is -0.494 e. The Balaban J connectivity index is 1.71. The lowest BCUT2D eigenvalue weighted by atomic mass is 10.1. The predicted octanol–water partition coefficient (Wildman–Crippen LogP) is 2.76. The zero-order valence-electron chi connectivity index (χ0n) is 13.7. The van der Waals surface area contributed by atoms with Crippen molar-refractivity contribution < 1.29 is 4.74 Å². The number of hydrogen-bond donors (Lipinski definition) is 1. The molecule has 0 spiro atoms. The van der Waals surface area contributed by atoms with Gasteiger partial charge in [0, 0.05) is 37.1 Å². The van der Waals surface area contributed by atoms with Gasteiger partial charge in [-0.15, -0.1) is 11.3 Å². The third-order valence-corrected chi connectivity index (χ3v) is 6.10. The number of hydrogen-bond acceptors (Lipinski definition) is 8. The van der Waals surface area contributed by atoms with E-state index in [4.69, 9.17) is 15.5 Å². The maximum absolute atomic E-state index is 5.92. The van der Waals surface area contributed by atoms with E-state index in [1.54, 1.807) is 18.4 Å². The summed E-state index contributed by atoms with van der Waals surface area (Å²) < 4.78 is 6.43. The maximum Gasteiger partial charge on any atom is 0.185 e. The first-order chi connectivity index (χ1) is 11.7. The Morgan fingerprint density at radius 3 is 2.71 bits per heavy atom. The lowest BCUT2D eigenvalue weighted by Gasteiger charge is -2.32. The lowest BCUT2D eigenvalue weighted by molar-refractivity contribution is 0.313. The average Bonchev–Trinajstić information content (AvgIpc) is 3.21. The Bertz CT molecular complexity index is 867. The summed E-state index contributed by atoms with van der Waals surface area (Å²) in [6, 6.07) is 3.98. The van der Waals surface area contributed by atoms with E-state index in [9.17, 15) is 0 Å². The fourth-order valence-corrected chi connectivity index (χ4v) is 4.65. The maximum atomic E-state index is 5.92. The smallest absolute Gasteiger partial charge is 0.185 e. The molecule has 0 saturated carbocycles. The number of nitrogens with two attached hydrogens (primary N) is 1. The number of aromatic nitrogens is 2. The molecule has 126 valence electrons. The number of benzene rings is 1. The van der Waals surface area contributed by atoms with Crippen LogP contribution in [0.25, 0.3) is 21.5 Å². The topological polar surface area (TPSA) is 67.5 Å². The Morgan fingerprint density at radius 1 is 1.17 bits per heavy atom. The normalized spacial score (nSPS) is 16.0. The number of nitrogens with zero attached hydrogens (tertiary/aromatic N) is 4. The Morgan fingerprint density at radius 2 is 1.96 bits per heavy atom. The molecule has 0 aliphatic carbocycles. The van der Waals surface area contributed by atoms with Gasteiger partial charge in [0.2, 0.25) is 0 Å². The summed E-state index contributed by atoms with van der Waals surface area (Å²) in [5, 5.41) is 3.75. The molecule has 1 saturated heterocycles. The molecule has 1 aromatic carbocycles. The molecule has 0 radical (unpaired) electrons. The van der Waals surface area contributed by atoms with E-state index in [0.717, 1.165) is 58.5 Å². The second kappa shape index (κ2) is 6.19.